The summed E-state index contributed by atoms with van der Waals surface area (Å²) in [6.45, 7) is 10.1. The minimum Gasteiger partial charge on any atom is -0.444 e. The van der Waals surface area contributed by atoms with E-state index < -0.39 is 39.1 Å². The first-order chi connectivity index (χ1) is 19.3. The third-order valence-electron chi connectivity index (χ3n) is 7.21. The molecule has 41 heavy (non-hydrogen) atoms. The summed E-state index contributed by atoms with van der Waals surface area (Å²) in [6, 6.07) is 14.5. The SMILES string of the molecule is CC(C)(C)OC(=O)N1CCNC(c2ncnc3c2c(-c2ccccc2F)cn3S(=O)(=O)Cc2ccccc2)C1(C)C. The lowest BCUT2D eigenvalue weighted by atomic mass is 9.86. The van der Waals surface area contributed by atoms with Gasteiger partial charge in [0.25, 0.3) is 0 Å². The monoisotopic (exact) mass is 579 g/mol. The van der Waals surface area contributed by atoms with Gasteiger partial charge in [0, 0.05) is 30.4 Å². The maximum absolute atomic E-state index is 15.2. The topological polar surface area (TPSA) is 106 Å². The molecule has 0 bridgehead atoms. The largest absolute Gasteiger partial charge is 0.444 e. The van der Waals surface area contributed by atoms with Crippen LogP contribution in [-0.2, 0) is 20.5 Å². The molecule has 3 heterocycles. The number of fused-ring (bicyclic) bond motifs is 1. The van der Waals surface area contributed by atoms with Crippen LogP contribution in [0.25, 0.3) is 22.2 Å². The minimum absolute atomic E-state index is 0.135. The van der Waals surface area contributed by atoms with E-state index in [1.54, 1.807) is 47.4 Å². The van der Waals surface area contributed by atoms with Gasteiger partial charge in [0.15, 0.2) is 5.65 Å². The lowest BCUT2D eigenvalue weighted by Gasteiger charge is -2.48. The van der Waals surface area contributed by atoms with Crippen molar-refractivity contribution in [3.05, 3.63) is 84.2 Å². The zero-order valence-corrected chi connectivity index (χ0v) is 24.6. The molecule has 0 spiro atoms. The Morgan fingerprint density at radius 2 is 1.76 bits per heavy atom. The van der Waals surface area contributed by atoms with Crippen LogP contribution in [0.2, 0.25) is 0 Å². The molecular weight excluding hydrogens is 545 g/mol. The van der Waals surface area contributed by atoms with E-state index in [2.05, 4.69) is 15.3 Å². The highest BCUT2D eigenvalue weighted by Gasteiger charge is 2.45. The lowest BCUT2D eigenvalue weighted by Crippen LogP contribution is -2.62. The summed E-state index contributed by atoms with van der Waals surface area (Å²) in [7, 11) is -3.96. The second-order valence-electron chi connectivity index (χ2n) is 11.7. The summed E-state index contributed by atoms with van der Waals surface area (Å²) in [4.78, 5) is 23.9. The van der Waals surface area contributed by atoms with Gasteiger partial charge in [-0.1, -0.05) is 48.5 Å². The van der Waals surface area contributed by atoms with E-state index in [9.17, 15) is 13.2 Å². The Balaban J connectivity index is 1.70. The molecular formula is C30H34FN5O4S. The first kappa shape index (κ1) is 28.7. The third-order valence-corrected chi connectivity index (χ3v) is 8.79. The molecule has 1 fully saturated rings. The number of carbonyl (C=O) groups excluding carboxylic acids is 1. The van der Waals surface area contributed by atoms with Crippen molar-refractivity contribution in [2.24, 2.45) is 0 Å². The maximum Gasteiger partial charge on any atom is 0.410 e. The van der Waals surface area contributed by atoms with Crippen LogP contribution < -0.4 is 5.32 Å². The van der Waals surface area contributed by atoms with Gasteiger partial charge < -0.3 is 10.1 Å². The van der Waals surface area contributed by atoms with E-state index in [-0.39, 0.29) is 17.0 Å². The van der Waals surface area contributed by atoms with Gasteiger partial charge in [0.2, 0.25) is 10.0 Å². The van der Waals surface area contributed by atoms with Crippen LogP contribution in [-0.4, -0.2) is 57.6 Å². The summed E-state index contributed by atoms with van der Waals surface area (Å²) in [5.74, 6) is -0.777. The van der Waals surface area contributed by atoms with Crippen molar-refractivity contribution in [1.29, 1.82) is 0 Å². The molecule has 1 aliphatic rings. The number of carbonyl (C=O) groups is 1. The molecule has 2 aromatic heterocycles. The Labute approximate surface area is 239 Å². The number of benzene rings is 2. The van der Waals surface area contributed by atoms with Gasteiger partial charge in [-0.05, 0) is 46.2 Å². The van der Waals surface area contributed by atoms with Gasteiger partial charge >= 0.3 is 6.09 Å². The molecule has 4 aromatic rings. The van der Waals surface area contributed by atoms with Crippen LogP contribution in [0.5, 0.6) is 0 Å². The second-order valence-corrected chi connectivity index (χ2v) is 13.5. The number of halogens is 1. The fraction of sp³-hybridized carbons (Fsp3) is 0.367. The smallest absolute Gasteiger partial charge is 0.410 e. The summed E-state index contributed by atoms with van der Waals surface area (Å²) in [6.07, 6.45) is 2.26. The summed E-state index contributed by atoms with van der Waals surface area (Å²) < 4.78 is 49.5. The zero-order chi connectivity index (χ0) is 29.6. The number of piperazine rings is 1. The first-order valence-electron chi connectivity index (χ1n) is 13.4. The van der Waals surface area contributed by atoms with E-state index in [1.807, 2.05) is 40.7 Å². The zero-order valence-electron chi connectivity index (χ0n) is 23.8. The molecule has 1 saturated heterocycles. The van der Waals surface area contributed by atoms with E-state index in [0.29, 0.717) is 35.3 Å². The van der Waals surface area contributed by atoms with Crippen LogP contribution >= 0.6 is 0 Å². The number of ether oxygens (including phenoxy) is 1. The number of amides is 1. The molecule has 0 saturated carbocycles. The molecule has 0 aliphatic carbocycles. The van der Waals surface area contributed by atoms with Crippen molar-refractivity contribution in [1.82, 2.24) is 24.2 Å². The molecule has 9 nitrogen and oxygen atoms in total. The van der Waals surface area contributed by atoms with Crippen molar-refractivity contribution < 1.29 is 22.3 Å². The molecule has 216 valence electrons. The van der Waals surface area contributed by atoms with Crippen LogP contribution in [0.3, 0.4) is 0 Å². The van der Waals surface area contributed by atoms with E-state index >= 15 is 4.39 Å². The summed E-state index contributed by atoms with van der Waals surface area (Å²) in [5, 5.41) is 3.85. The average Bonchev–Trinajstić information content (AvgIpc) is 3.29. The van der Waals surface area contributed by atoms with Gasteiger partial charge in [-0.15, -0.1) is 0 Å². The first-order valence-corrected chi connectivity index (χ1v) is 15.0. The number of aromatic nitrogens is 3. The van der Waals surface area contributed by atoms with Crippen LogP contribution in [0.1, 0.15) is 51.9 Å². The maximum atomic E-state index is 15.2. The second kappa shape index (κ2) is 10.5. The molecule has 2 aromatic carbocycles. The summed E-state index contributed by atoms with van der Waals surface area (Å²) >= 11 is 0. The number of hydrogen-bond donors (Lipinski definition) is 1. The van der Waals surface area contributed by atoms with E-state index in [4.69, 9.17) is 4.74 Å². The molecule has 1 amide bonds. The molecule has 1 aliphatic heterocycles. The Morgan fingerprint density at radius 1 is 1.07 bits per heavy atom. The highest BCUT2D eigenvalue weighted by molar-refractivity contribution is 7.89. The molecule has 11 heteroatoms. The quantitative estimate of drug-likeness (QED) is 0.343. The van der Waals surface area contributed by atoms with Crippen LogP contribution in [0.4, 0.5) is 9.18 Å². The van der Waals surface area contributed by atoms with E-state index in [0.717, 1.165) is 3.97 Å². The average molecular weight is 580 g/mol. The fourth-order valence-electron chi connectivity index (χ4n) is 5.32. The molecule has 1 N–H and O–H groups in total. The van der Waals surface area contributed by atoms with Crippen molar-refractivity contribution in [2.45, 2.75) is 57.6 Å². The molecule has 1 unspecified atom stereocenters. The van der Waals surface area contributed by atoms with Crippen molar-refractivity contribution in [3.63, 3.8) is 0 Å². The Kier molecular flexibility index (Phi) is 7.37. The van der Waals surface area contributed by atoms with Gasteiger partial charge in [-0.2, -0.15) is 0 Å². The highest BCUT2D eigenvalue weighted by atomic mass is 32.2. The summed E-state index contributed by atoms with van der Waals surface area (Å²) in [5.41, 5.74) is 0.241. The molecule has 1 atom stereocenters. The molecule has 0 radical (unpaired) electrons. The predicted octanol–water partition coefficient (Wildman–Crippen LogP) is 5.28. The number of hydrogen-bond acceptors (Lipinski definition) is 7. The Morgan fingerprint density at radius 3 is 2.44 bits per heavy atom. The van der Waals surface area contributed by atoms with E-state index in [1.165, 1.54) is 18.6 Å². The van der Waals surface area contributed by atoms with Crippen molar-refractivity contribution >= 4 is 27.1 Å². The Bertz CT molecular complexity index is 1700. The van der Waals surface area contributed by atoms with Crippen LogP contribution in [0, 0.1) is 5.82 Å². The van der Waals surface area contributed by atoms with Gasteiger partial charge in [0.05, 0.1) is 28.4 Å². The van der Waals surface area contributed by atoms with Crippen molar-refractivity contribution in [2.75, 3.05) is 13.1 Å². The minimum atomic E-state index is -3.96. The normalized spacial score (nSPS) is 17.5. The lowest BCUT2D eigenvalue weighted by molar-refractivity contribution is -0.0149. The number of rotatable bonds is 5. The van der Waals surface area contributed by atoms with Crippen molar-refractivity contribution in [3.8, 4) is 11.1 Å². The molecule has 5 rings (SSSR count). The number of nitrogens with one attached hydrogen (secondary N) is 1. The fourth-order valence-corrected chi connectivity index (χ4v) is 6.74. The van der Waals surface area contributed by atoms with Gasteiger partial charge in [0.1, 0.15) is 17.7 Å². The highest BCUT2D eigenvalue weighted by Crippen LogP contribution is 2.41. The Hall–Kier alpha value is -3.83. The van der Waals surface area contributed by atoms with Gasteiger partial charge in [-0.25, -0.2) is 31.5 Å². The van der Waals surface area contributed by atoms with Gasteiger partial charge in [-0.3, -0.25) is 4.90 Å². The number of nitrogens with zero attached hydrogens (tertiary/aromatic N) is 4. The predicted molar refractivity (Wildman–Crippen MR) is 155 cm³/mol. The standard InChI is InChI=1S/C30H34FN5O4S/c1-29(2,3)40-28(37)35-16-15-32-26(30(35,4)5)25-24-22(21-13-9-10-14-23(21)31)17-36(27(24)34-19-33-25)41(38,39)18-20-11-7-6-8-12-20/h6-14,17,19,26,32H,15-16,18H2,1-5H3. The van der Waals surface area contributed by atoms with Crippen LogP contribution in [0.15, 0.2) is 67.1 Å². The third kappa shape index (κ3) is 5.56.